The van der Waals surface area contributed by atoms with Crippen LogP contribution in [0.5, 0.6) is 0 Å². The molecule has 16 nitrogen and oxygen atoms in total. The van der Waals surface area contributed by atoms with Gasteiger partial charge in [0, 0.05) is 68.0 Å². The first kappa shape index (κ1) is 45.8. The lowest BCUT2D eigenvalue weighted by atomic mass is 10.2. The largest absolute Gasteiger partial charge is 0.500 e. The number of ether oxygens (including phenoxy) is 2. The molecule has 1 aliphatic heterocycles. The van der Waals surface area contributed by atoms with Gasteiger partial charge in [-0.3, -0.25) is 9.59 Å². The quantitative estimate of drug-likeness (QED) is 0.119. The topological polar surface area (TPSA) is 185 Å². The van der Waals surface area contributed by atoms with Crippen LogP contribution in [0, 0.1) is 0 Å². The number of carboxylic acids is 2. The smallest absolute Gasteiger partial charge is 0.481 e. The molecule has 0 aliphatic carbocycles. The van der Waals surface area contributed by atoms with E-state index in [4.69, 9.17) is 52.5 Å². The Kier molecular flexibility index (Phi) is 17.2. The van der Waals surface area contributed by atoms with Gasteiger partial charge in [0.15, 0.2) is 0 Å². The molecule has 1 rings (SSSR count). The van der Waals surface area contributed by atoms with E-state index in [9.17, 15) is 19.8 Å². The molecule has 2 unspecified atom stereocenters. The van der Waals surface area contributed by atoms with Gasteiger partial charge in [-0.15, -0.1) is 0 Å². The van der Waals surface area contributed by atoms with Crippen LogP contribution in [0.3, 0.4) is 0 Å². The highest BCUT2D eigenvalue weighted by Crippen LogP contribution is 2.47. The van der Waals surface area contributed by atoms with Crippen LogP contribution in [0.2, 0.25) is 51.4 Å². The van der Waals surface area contributed by atoms with Gasteiger partial charge in [-0.05, 0) is 66.0 Å². The molecule has 1 saturated heterocycles. The van der Waals surface area contributed by atoms with E-state index in [-0.39, 0.29) is 13.2 Å². The maximum absolute atomic E-state index is 12.7. The van der Waals surface area contributed by atoms with E-state index >= 15 is 0 Å². The summed E-state index contributed by atoms with van der Waals surface area (Å²) in [7, 11) is -10.8. The van der Waals surface area contributed by atoms with Gasteiger partial charge in [0.1, 0.15) is 10.4 Å². The Bertz CT molecular complexity index is 949. The molecule has 0 aromatic rings. The summed E-state index contributed by atoms with van der Waals surface area (Å²) in [5.74, 6) is -2.39. The van der Waals surface area contributed by atoms with Gasteiger partial charge in [0.25, 0.3) is 0 Å². The molecule has 1 aliphatic rings. The third-order valence-electron chi connectivity index (χ3n) is 8.09. The fourth-order valence-electron chi connectivity index (χ4n) is 6.34. The van der Waals surface area contributed by atoms with Gasteiger partial charge < -0.3 is 62.7 Å². The monoisotopic (exact) mass is 796 g/mol. The van der Waals surface area contributed by atoms with Gasteiger partial charge >= 0.3 is 63.8 Å². The second-order valence-corrected chi connectivity index (χ2v) is 34.5. The lowest BCUT2D eigenvalue weighted by Gasteiger charge is -2.58. The Morgan fingerprint density at radius 2 is 0.833 bits per heavy atom. The first-order valence-corrected chi connectivity index (χ1v) is 29.9. The summed E-state index contributed by atoms with van der Waals surface area (Å²) in [6.45, 7) is 14.3. The summed E-state index contributed by atoms with van der Waals surface area (Å²) >= 11 is 0. The van der Waals surface area contributed by atoms with Crippen LogP contribution in [0.25, 0.3) is 0 Å². The highest BCUT2D eigenvalue weighted by atomic mass is 28.5. The third kappa shape index (κ3) is 11.9. The zero-order valence-electron chi connectivity index (χ0n) is 31.3. The number of carbonyl (C=O) groups is 2. The van der Waals surface area contributed by atoms with Crippen molar-refractivity contribution in [2.75, 3.05) is 55.9 Å². The maximum Gasteiger partial charge on any atom is 0.500 e. The highest BCUT2D eigenvalue weighted by molar-refractivity contribution is 6.95. The van der Waals surface area contributed by atoms with Crippen LogP contribution in [-0.2, 0) is 62.1 Å². The van der Waals surface area contributed by atoms with E-state index in [1.165, 1.54) is 42.7 Å². The minimum Gasteiger partial charge on any atom is -0.481 e. The minimum atomic E-state index is -4.45. The van der Waals surface area contributed by atoms with E-state index in [1.807, 2.05) is 39.3 Å². The molecule has 1 fully saturated rings. The average molecular weight is 797 g/mol. The molecule has 1 heterocycles. The fraction of sp³-hybridized carbons (Fsp3) is 0.923. The van der Waals surface area contributed by atoms with Crippen molar-refractivity contribution in [2.45, 2.75) is 101 Å². The molecule has 0 bridgehead atoms. The van der Waals surface area contributed by atoms with Crippen molar-refractivity contribution < 1.29 is 72.3 Å². The van der Waals surface area contributed by atoms with Crippen molar-refractivity contribution in [3.8, 4) is 0 Å². The second-order valence-electron chi connectivity index (χ2n) is 13.3. The molecule has 22 heteroatoms. The Labute approximate surface area is 292 Å². The molecule has 48 heavy (non-hydrogen) atoms. The van der Waals surface area contributed by atoms with Crippen molar-refractivity contribution in [1.82, 2.24) is 0 Å². The normalized spacial score (nSPS) is 21.8. The number of carboxylic acid groups (broad SMARTS) is 2. The highest BCUT2D eigenvalue weighted by Gasteiger charge is 2.73. The van der Waals surface area contributed by atoms with Crippen molar-refractivity contribution in [2.24, 2.45) is 0 Å². The van der Waals surface area contributed by atoms with Crippen molar-refractivity contribution in [3.63, 3.8) is 0 Å². The molecule has 0 radical (unpaired) electrons. The minimum absolute atomic E-state index is 0.0226. The average Bonchev–Trinajstić information content (AvgIpc) is 2.95. The Morgan fingerprint density at radius 3 is 1.08 bits per heavy atom. The van der Waals surface area contributed by atoms with Gasteiger partial charge in [0.05, 0.1) is 12.8 Å². The maximum atomic E-state index is 12.7. The molecule has 0 amide bonds. The van der Waals surface area contributed by atoms with E-state index in [1.54, 1.807) is 13.8 Å². The van der Waals surface area contributed by atoms with E-state index in [0.717, 1.165) is 0 Å². The molecule has 0 aromatic carbocycles. The van der Waals surface area contributed by atoms with E-state index in [0.29, 0.717) is 24.9 Å². The second kappa shape index (κ2) is 18.0. The number of hydrogen-bond acceptors (Lipinski definition) is 14. The molecule has 0 spiro atoms. The van der Waals surface area contributed by atoms with Gasteiger partial charge in [-0.1, -0.05) is 0 Å². The summed E-state index contributed by atoms with van der Waals surface area (Å²) in [4.78, 5) is 25.4. The molecular formula is C26H60O16Si6. The molecule has 2 atom stereocenters. The van der Waals surface area contributed by atoms with Crippen LogP contribution in [0.1, 0.15) is 39.5 Å². The number of rotatable bonds is 22. The van der Waals surface area contributed by atoms with Crippen LogP contribution in [0.15, 0.2) is 0 Å². The molecule has 0 aromatic heterocycles. The predicted molar refractivity (Wildman–Crippen MR) is 188 cm³/mol. The van der Waals surface area contributed by atoms with E-state index in [2.05, 4.69) is 0 Å². The SMILES string of the molecule is CO[Si](CCCOC(C)(CC(=O)O)[Si]1(C(C)(CC(=O)O)OCCC[Si](OC)(OC)OC)O[Si](C)(C)O[Si](C)(C)O[Si](C)(C)O1)(OC)OC. The molecular weight excluding hydrogens is 737 g/mol. The summed E-state index contributed by atoms with van der Waals surface area (Å²) in [6, 6.07) is 0.741. The van der Waals surface area contributed by atoms with Crippen molar-refractivity contribution in [1.29, 1.82) is 0 Å². The van der Waals surface area contributed by atoms with Gasteiger partial charge in [0.2, 0.25) is 0 Å². The Hall–Kier alpha value is -0.239. The molecule has 284 valence electrons. The first-order chi connectivity index (χ1) is 21.9. The molecule has 2 N–H and O–H groups in total. The van der Waals surface area contributed by atoms with Gasteiger partial charge in [-0.25, -0.2) is 0 Å². The molecule has 0 saturated carbocycles. The lowest BCUT2D eigenvalue weighted by molar-refractivity contribution is -0.146. The lowest BCUT2D eigenvalue weighted by Crippen LogP contribution is -2.82. The van der Waals surface area contributed by atoms with E-state index < -0.39 is 87.1 Å². The standard InChI is InChI=1S/C26H60O16Si6/c1-25(21-23(27)28,37-17-15-19-46(31-3,32-4)33-5)48(41-44(11,12)39-43(9,10)40-45(13,14)42-48)26(2,22-24(29)30)38-18-16-20-47(34-6,35-7)36-8/h15-22H2,1-14H3,(H,27,28)(H,29,30). The summed E-state index contributed by atoms with van der Waals surface area (Å²) < 4.78 is 73.9. The number of hydrogen-bond donors (Lipinski definition) is 2. The zero-order chi connectivity index (χ0) is 37.3. The van der Waals surface area contributed by atoms with Crippen molar-refractivity contribution in [3.05, 3.63) is 0 Å². The number of aliphatic carboxylic acids is 2. The van der Waals surface area contributed by atoms with Crippen LogP contribution in [-0.4, -0.2) is 140 Å². The van der Waals surface area contributed by atoms with Gasteiger partial charge in [-0.2, -0.15) is 0 Å². The summed E-state index contributed by atoms with van der Waals surface area (Å²) in [5, 5.41) is 17.3. The summed E-state index contributed by atoms with van der Waals surface area (Å²) in [6.07, 6.45) is -0.432. The van der Waals surface area contributed by atoms with Crippen LogP contribution < -0.4 is 0 Å². The van der Waals surface area contributed by atoms with Crippen LogP contribution in [0.4, 0.5) is 0 Å². The Balaban J connectivity index is 3.92. The third-order valence-corrected chi connectivity index (χ3v) is 31.3. The summed E-state index contributed by atoms with van der Waals surface area (Å²) in [5.41, 5.74) is 0. The predicted octanol–water partition coefficient (Wildman–Crippen LogP) is 3.73. The fourth-order valence-corrected chi connectivity index (χ4v) is 32.8. The zero-order valence-corrected chi connectivity index (χ0v) is 37.3. The Morgan fingerprint density at radius 1 is 0.562 bits per heavy atom. The van der Waals surface area contributed by atoms with Crippen LogP contribution >= 0.6 is 0 Å². The van der Waals surface area contributed by atoms with Crippen molar-refractivity contribution >= 4 is 63.8 Å². The first-order valence-electron chi connectivity index (χ1n) is 15.8.